The van der Waals surface area contributed by atoms with Crippen LogP contribution < -0.4 is 5.32 Å². The van der Waals surface area contributed by atoms with Gasteiger partial charge in [-0.3, -0.25) is 10.1 Å². The Bertz CT molecular complexity index is 1210. The average molecular weight is 396 g/mol. The zero-order chi connectivity index (χ0) is 20.9. The second kappa shape index (κ2) is 8.46. The number of anilines is 1. The molecule has 0 aliphatic carbocycles. The first kappa shape index (κ1) is 19.2. The Morgan fingerprint density at radius 2 is 1.50 bits per heavy atom. The van der Waals surface area contributed by atoms with E-state index in [9.17, 15) is 14.4 Å². The fourth-order valence-corrected chi connectivity index (χ4v) is 3.26. The molecule has 1 aromatic heterocycles. The molecule has 3 aromatic carbocycles. The quantitative estimate of drug-likeness (QED) is 0.463. The number of halogens is 1. The van der Waals surface area contributed by atoms with Crippen LogP contribution in [0.25, 0.3) is 22.5 Å². The smallest absolute Gasteiger partial charge is 0.231 e. The summed E-state index contributed by atoms with van der Waals surface area (Å²) >= 11 is 0. The van der Waals surface area contributed by atoms with Crippen molar-refractivity contribution in [2.45, 2.75) is 6.42 Å². The van der Waals surface area contributed by atoms with Gasteiger partial charge < -0.3 is 4.42 Å². The SMILES string of the molecule is N#Cc1c(NC(=O)Cc2ccc(F)cc2)oc(-c2ccccc2)c1-c1ccccc1. The number of hydrogen-bond acceptors (Lipinski definition) is 3. The molecule has 4 nitrogen and oxygen atoms in total. The van der Waals surface area contributed by atoms with E-state index in [0.29, 0.717) is 16.9 Å². The first-order chi connectivity index (χ1) is 14.7. The third-order valence-corrected chi connectivity index (χ3v) is 4.65. The Kier molecular flexibility index (Phi) is 5.40. The molecule has 0 bridgehead atoms. The normalized spacial score (nSPS) is 10.4. The summed E-state index contributed by atoms with van der Waals surface area (Å²) in [7, 11) is 0. The highest BCUT2D eigenvalue weighted by atomic mass is 19.1. The summed E-state index contributed by atoms with van der Waals surface area (Å²) in [4.78, 5) is 12.6. The highest BCUT2D eigenvalue weighted by molar-refractivity contribution is 5.96. The molecule has 4 rings (SSSR count). The van der Waals surface area contributed by atoms with E-state index < -0.39 is 0 Å². The van der Waals surface area contributed by atoms with Gasteiger partial charge in [0.05, 0.1) is 6.42 Å². The van der Waals surface area contributed by atoms with E-state index in [-0.39, 0.29) is 29.6 Å². The van der Waals surface area contributed by atoms with Gasteiger partial charge in [0.2, 0.25) is 11.8 Å². The molecule has 0 fully saturated rings. The minimum Gasteiger partial charge on any atom is -0.438 e. The number of nitrogens with one attached hydrogen (secondary N) is 1. The number of nitriles is 1. The van der Waals surface area contributed by atoms with E-state index >= 15 is 0 Å². The number of hydrogen-bond donors (Lipinski definition) is 1. The largest absolute Gasteiger partial charge is 0.438 e. The van der Waals surface area contributed by atoms with E-state index in [1.165, 1.54) is 12.1 Å². The number of nitrogens with zero attached hydrogens (tertiary/aromatic N) is 1. The molecule has 30 heavy (non-hydrogen) atoms. The van der Waals surface area contributed by atoms with Gasteiger partial charge in [-0.15, -0.1) is 0 Å². The number of furan rings is 1. The van der Waals surface area contributed by atoms with Crippen LogP contribution in [0.2, 0.25) is 0 Å². The summed E-state index contributed by atoms with van der Waals surface area (Å²) < 4.78 is 19.1. The summed E-state index contributed by atoms with van der Waals surface area (Å²) in [5.74, 6) is -0.110. The molecular formula is C25H17FN2O2. The van der Waals surface area contributed by atoms with Crippen LogP contribution in [0.3, 0.4) is 0 Å². The van der Waals surface area contributed by atoms with Gasteiger partial charge in [-0.2, -0.15) is 5.26 Å². The van der Waals surface area contributed by atoms with Gasteiger partial charge in [-0.1, -0.05) is 72.8 Å². The molecule has 0 unspecified atom stereocenters. The van der Waals surface area contributed by atoms with Crippen molar-refractivity contribution in [3.63, 3.8) is 0 Å². The Balaban J connectivity index is 1.73. The van der Waals surface area contributed by atoms with Crippen LogP contribution in [0.15, 0.2) is 89.3 Å². The fraction of sp³-hybridized carbons (Fsp3) is 0.0400. The van der Waals surface area contributed by atoms with Crippen LogP contribution >= 0.6 is 0 Å². The van der Waals surface area contributed by atoms with Crippen LogP contribution in [0.4, 0.5) is 10.3 Å². The van der Waals surface area contributed by atoms with Crippen molar-refractivity contribution in [1.82, 2.24) is 0 Å². The van der Waals surface area contributed by atoms with Crippen LogP contribution in [0.1, 0.15) is 11.1 Å². The summed E-state index contributed by atoms with van der Waals surface area (Å²) in [5, 5.41) is 12.6. The second-order valence-corrected chi connectivity index (χ2v) is 6.71. The maximum Gasteiger partial charge on any atom is 0.231 e. The van der Waals surface area contributed by atoms with Gasteiger partial charge >= 0.3 is 0 Å². The third-order valence-electron chi connectivity index (χ3n) is 4.65. The maximum absolute atomic E-state index is 13.1. The molecule has 5 heteroatoms. The van der Waals surface area contributed by atoms with Crippen molar-refractivity contribution < 1.29 is 13.6 Å². The van der Waals surface area contributed by atoms with Crippen molar-refractivity contribution in [1.29, 1.82) is 5.26 Å². The minimum atomic E-state index is -0.364. The highest BCUT2D eigenvalue weighted by Gasteiger charge is 2.24. The highest BCUT2D eigenvalue weighted by Crippen LogP contribution is 2.41. The monoisotopic (exact) mass is 396 g/mol. The van der Waals surface area contributed by atoms with Crippen LogP contribution in [-0.2, 0) is 11.2 Å². The fourth-order valence-electron chi connectivity index (χ4n) is 3.26. The summed E-state index contributed by atoms with van der Waals surface area (Å²) in [5.41, 5.74) is 3.15. The summed E-state index contributed by atoms with van der Waals surface area (Å²) in [6.07, 6.45) is 0.0349. The van der Waals surface area contributed by atoms with Crippen LogP contribution in [0.5, 0.6) is 0 Å². The molecule has 0 spiro atoms. The van der Waals surface area contributed by atoms with E-state index in [2.05, 4.69) is 11.4 Å². The van der Waals surface area contributed by atoms with Gasteiger partial charge in [0.25, 0.3) is 0 Å². The number of benzene rings is 3. The first-order valence-corrected chi connectivity index (χ1v) is 9.37. The predicted molar refractivity (Wildman–Crippen MR) is 113 cm³/mol. The zero-order valence-electron chi connectivity index (χ0n) is 15.9. The molecule has 0 aliphatic heterocycles. The molecule has 146 valence electrons. The number of carbonyl (C=O) groups is 1. The maximum atomic E-state index is 13.1. The van der Waals surface area contributed by atoms with Gasteiger partial charge in [0, 0.05) is 11.1 Å². The first-order valence-electron chi connectivity index (χ1n) is 9.37. The Morgan fingerprint density at radius 3 is 2.10 bits per heavy atom. The molecular weight excluding hydrogens is 379 g/mol. The van der Waals surface area contributed by atoms with E-state index in [1.807, 2.05) is 60.7 Å². The number of amides is 1. The lowest BCUT2D eigenvalue weighted by atomic mass is 9.98. The van der Waals surface area contributed by atoms with Gasteiger partial charge in [0.15, 0.2) is 0 Å². The molecule has 0 saturated heterocycles. The zero-order valence-corrected chi connectivity index (χ0v) is 15.9. The van der Waals surface area contributed by atoms with E-state index in [0.717, 1.165) is 11.1 Å². The molecule has 4 aromatic rings. The average Bonchev–Trinajstić information content (AvgIpc) is 3.14. The third kappa shape index (κ3) is 3.98. The number of rotatable bonds is 5. The standard InChI is InChI=1S/C25H17FN2O2/c26-20-13-11-17(12-14-20)15-22(29)28-25-21(16-27)23(18-7-3-1-4-8-18)24(30-25)19-9-5-2-6-10-19/h1-14H,15H2,(H,28,29). The van der Waals surface area contributed by atoms with Crippen molar-refractivity contribution in [2.75, 3.05) is 5.32 Å². The topological polar surface area (TPSA) is 66.0 Å². The number of carbonyl (C=O) groups excluding carboxylic acids is 1. The van der Waals surface area contributed by atoms with Gasteiger partial charge in [-0.25, -0.2) is 4.39 Å². The molecule has 0 radical (unpaired) electrons. The van der Waals surface area contributed by atoms with Gasteiger partial charge in [0.1, 0.15) is 23.2 Å². The lowest BCUT2D eigenvalue weighted by Gasteiger charge is -2.03. The lowest BCUT2D eigenvalue weighted by Crippen LogP contribution is -2.14. The molecule has 1 amide bonds. The Labute approximate surface area is 173 Å². The lowest BCUT2D eigenvalue weighted by molar-refractivity contribution is -0.115. The van der Waals surface area contributed by atoms with Crippen molar-refractivity contribution in [3.05, 3.63) is 102 Å². The molecule has 0 saturated carbocycles. The molecule has 1 heterocycles. The van der Waals surface area contributed by atoms with E-state index in [1.54, 1.807) is 12.1 Å². The second-order valence-electron chi connectivity index (χ2n) is 6.71. The predicted octanol–water partition coefficient (Wildman–Crippen LogP) is 5.81. The Morgan fingerprint density at radius 1 is 0.900 bits per heavy atom. The molecule has 0 aliphatic rings. The van der Waals surface area contributed by atoms with Gasteiger partial charge in [-0.05, 0) is 23.3 Å². The van der Waals surface area contributed by atoms with Crippen LogP contribution in [0, 0.1) is 17.1 Å². The summed E-state index contributed by atoms with van der Waals surface area (Å²) in [6.45, 7) is 0. The van der Waals surface area contributed by atoms with Crippen LogP contribution in [-0.4, -0.2) is 5.91 Å². The molecule has 0 atom stereocenters. The van der Waals surface area contributed by atoms with E-state index in [4.69, 9.17) is 4.42 Å². The summed E-state index contributed by atoms with van der Waals surface area (Å²) in [6, 6.07) is 26.7. The molecule has 1 N–H and O–H groups in total. The Hall–Kier alpha value is -4.17. The minimum absolute atomic E-state index is 0.0349. The van der Waals surface area contributed by atoms with Crippen molar-refractivity contribution in [2.24, 2.45) is 0 Å². The van der Waals surface area contributed by atoms with Crippen molar-refractivity contribution >= 4 is 11.8 Å². The van der Waals surface area contributed by atoms with Crippen molar-refractivity contribution in [3.8, 4) is 28.5 Å².